The van der Waals surface area contributed by atoms with Crippen molar-refractivity contribution in [3.8, 4) is 0 Å². The van der Waals surface area contributed by atoms with Gasteiger partial charge in [0.05, 0.1) is 19.4 Å². The van der Waals surface area contributed by atoms with Crippen molar-refractivity contribution in [2.75, 3.05) is 26.2 Å². The maximum atomic E-state index is 9.38. The molecule has 28 heavy (non-hydrogen) atoms. The molecule has 2 unspecified atom stereocenters. The van der Waals surface area contributed by atoms with Gasteiger partial charge in [-0.1, -0.05) is 76.9 Å². The average Bonchev–Trinajstić information content (AvgIpc) is 3.11. The fourth-order valence-corrected chi connectivity index (χ4v) is 4.45. The fraction of sp³-hybridized carbons (Fsp3) is 0.880. The van der Waals surface area contributed by atoms with Gasteiger partial charge in [-0.15, -0.1) is 0 Å². The predicted octanol–water partition coefficient (Wildman–Crippen LogP) is 6.65. The van der Waals surface area contributed by atoms with Crippen molar-refractivity contribution >= 4 is 6.21 Å². The summed E-state index contributed by atoms with van der Waals surface area (Å²) in [6, 6.07) is 0. The molecule has 0 aromatic heterocycles. The Balaban J connectivity index is 1.88. The van der Waals surface area contributed by atoms with Crippen molar-refractivity contribution in [3.05, 3.63) is 12.2 Å². The maximum Gasteiger partial charge on any atom is 0.182 e. The van der Waals surface area contributed by atoms with Crippen molar-refractivity contribution in [1.82, 2.24) is 0 Å². The zero-order valence-corrected chi connectivity index (χ0v) is 19.1. The fourth-order valence-electron chi connectivity index (χ4n) is 4.45. The van der Waals surface area contributed by atoms with Crippen LogP contribution in [0.25, 0.3) is 0 Å². The van der Waals surface area contributed by atoms with Crippen LogP contribution >= 0.6 is 0 Å². The van der Waals surface area contributed by atoms with Crippen molar-refractivity contribution in [3.63, 3.8) is 0 Å². The van der Waals surface area contributed by atoms with E-state index in [1.165, 1.54) is 96.3 Å². The molecule has 0 spiro atoms. The van der Waals surface area contributed by atoms with E-state index < -0.39 is 0 Å². The third kappa shape index (κ3) is 10.8. The first kappa shape index (κ1) is 25.4. The first-order valence-electron chi connectivity index (χ1n) is 12.4. The number of hydrogen-bond acceptors (Lipinski definition) is 2. The van der Waals surface area contributed by atoms with Crippen LogP contribution in [-0.4, -0.2) is 48.2 Å². The topological polar surface area (TPSA) is 32.6 Å². The lowest BCUT2D eigenvalue weighted by Gasteiger charge is -2.37. The quantitative estimate of drug-likeness (QED) is 0.149. The summed E-state index contributed by atoms with van der Waals surface area (Å²) < 4.78 is 0.977. The van der Waals surface area contributed by atoms with Crippen molar-refractivity contribution < 1.29 is 9.59 Å². The molecule has 0 radical (unpaired) electrons. The highest BCUT2D eigenvalue weighted by molar-refractivity contribution is 5.60. The highest BCUT2D eigenvalue weighted by Gasteiger charge is 2.36. The number of rotatable bonds is 19. The van der Waals surface area contributed by atoms with E-state index in [9.17, 15) is 5.11 Å². The molecular weight excluding hydrogens is 344 g/mol. The molecule has 3 nitrogen and oxygen atoms in total. The van der Waals surface area contributed by atoms with Crippen molar-refractivity contribution in [1.29, 1.82) is 0 Å². The van der Waals surface area contributed by atoms with Gasteiger partial charge in [0.1, 0.15) is 13.1 Å². The number of nitrogens with zero attached hydrogens (tertiary/aromatic N) is 2. The predicted molar refractivity (Wildman–Crippen MR) is 124 cm³/mol. The lowest BCUT2D eigenvalue weighted by molar-refractivity contribution is -0.936. The lowest BCUT2D eigenvalue weighted by Crippen LogP contribution is -2.53. The Morgan fingerprint density at radius 3 is 2.00 bits per heavy atom. The highest BCUT2D eigenvalue weighted by Crippen LogP contribution is 2.24. The minimum absolute atomic E-state index is 0.281. The normalized spacial score (nSPS) is 21.9. The summed E-state index contributed by atoms with van der Waals surface area (Å²) in [6.45, 7) is 7.74. The molecule has 2 atom stereocenters. The van der Waals surface area contributed by atoms with Crippen LogP contribution in [0.15, 0.2) is 17.1 Å². The van der Waals surface area contributed by atoms with Gasteiger partial charge in [0.15, 0.2) is 6.17 Å². The molecule has 0 aliphatic carbocycles. The van der Waals surface area contributed by atoms with E-state index >= 15 is 0 Å². The Hall–Kier alpha value is -0.670. The average molecular weight is 394 g/mol. The van der Waals surface area contributed by atoms with Gasteiger partial charge in [-0.25, -0.2) is 4.99 Å². The molecule has 3 heteroatoms. The van der Waals surface area contributed by atoms with E-state index in [0.29, 0.717) is 6.17 Å². The number of likely N-dealkylation sites (N-methyl/N-ethyl adjacent to an activating group) is 1. The van der Waals surface area contributed by atoms with Crippen LogP contribution in [0.1, 0.15) is 110 Å². The molecule has 1 N–H and O–H groups in total. The molecule has 0 aromatic rings. The van der Waals surface area contributed by atoms with Gasteiger partial charge in [0.2, 0.25) is 0 Å². The van der Waals surface area contributed by atoms with Gasteiger partial charge in [-0.2, -0.15) is 0 Å². The Labute approximate surface area is 175 Å². The van der Waals surface area contributed by atoms with Gasteiger partial charge < -0.3 is 5.11 Å². The third-order valence-corrected chi connectivity index (χ3v) is 6.50. The summed E-state index contributed by atoms with van der Waals surface area (Å²) in [5, 5.41) is 9.38. The second-order valence-electron chi connectivity index (χ2n) is 8.70. The number of aliphatic imine (C=N–C) groups is 1. The van der Waals surface area contributed by atoms with Crippen LogP contribution in [0.3, 0.4) is 0 Å². The largest absolute Gasteiger partial charge is 0.391 e. The first-order valence-corrected chi connectivity index (χ1v) is 12.4. The highest BCUT2D eigenvalue weighted by atomic mass is 16.3. The number of aliphatic hydroxyl groups is 1. The summed E-state index contributed by atoms with van der Waals surface area (Å²) in [5.41, 5.74) is 0. The van der Waals surface area contributed by atoms with Crippen LogP contribution in [0.2, 0.25) is 0 Å². The molecule has 1 heterocycles. The molecule has 164 valence electrons. The molecular formula is C25H49N2O+. The molecule has 1 aliphatic rings. The maximum absolute atomic E-state index is 9.38. The third-order valence-electron chi connectivity index (χ3n) is 6.50. The number of aliphatic hydroxyl groups excluding tert-OH is 1. The molecule has 1 aliphatic heterocycles. The first-order chi connectivity index (χ1) is 13.8. The van der Waals surface area contributed by atoms with Crippen molar-refractivity contribution in [2.24, 2.45) is 4.99 Å². The molecule has 0 saturated carbocycles. The summed E-state index contributed by atoms with van der Waals surface area (Å²) >= 11 is 0. The Bertz CT molecular complexity index is 407. The summed E-state index contributed by atoms with van der Waals surface area (Å²) in [7, 11) is 0. The minimum Gasteiger partial charge on any atom is -0.391 e. The van der Waals surface area contributed by atoms with E-state index in [2.05, 4.69) is 32.2 Å². The molecule has 0 fully saturated rings. The van der Waals surface area contributed by atoms with Gasteiger partial charge in [0.25, 0.3) is 0 Å². The summed E-state index contributed by atoms with van der Waals surface area (Å²) in [4.78, 5) is 4.72. The monoisotopic (exact) mass is 393 g/mol. The Morgan fingerprint density at radius 2 is 1.43 bits per heavy atom. The second-order valence-corrected chi connectivity index (χ2v) is 8.70. The number of allylic oxidation sites excluding steroid dienone is 2. The zero-order chi connectivity index (χ0) is 20.3. The Morgan fingerprint density at radius 1 is 0.857 bits per heavy atom. The molecule has 0 bridgehead atoms. The van der Waals surface area contributed by atoms with Crippen LogP contribution in [0, 0.1) is 0 Å². The molecule has 0 aromatic carbocycles. The number of unbranched alkanes of at least 4 members (excludes halogenated alkanes) is 12. The van der Waals surface area contributed by atoms with Gasteiger partial charge in [0, 0.05) is 6.42 Å². The summed E-state index contributed by atoms with van der Waals surface area (Å²) in [5.74, 6) is 0. The standard InChI is InChI=1S/C25H49N2O/c1-3-5-6-7-8-9-10-11-12-13-14-15-16-17-18-19-20-25-26-21-22-27(25,4-2)23-24-28/h8-9,21,25,28H,3-7,10-20,22-24H2,1-2H3/q+1/b9-8+. The smallest absolute Gasteiger partial charge is 0.182 e. The minimum atomic E-state index is 0.281. The molecule has 1 rings (SSSR count). The van der Waals surface area contributed by atoms with E-state index in [0.717, 1.165) is 24.1 Å². The van der Waals surface area contributed by atoms with E-state index in [4.69, 9.17) is 4.99 Å². The van der Waals surface area contributed by atoms with Gasteiger partial charge in [-0.3, -0.25) is 4.48 Å². The zero-order valence-electron chi connectivity index (χ0n) is 19.1. The Kier molecular flexibility index (Phi) is 15.6. The van der Waals surface area contributed by atoms with Crippen LogP contribution in [0.4, 0.5) is 0 Å². The molecule has 0 saturated heterocycles. The van der Waals surface area contributed by atoms with Crippen LogP contribution in [0.5, 0.6) is 0 Å². The van der Waals surface area contributed by atoms with Crippen LogP contribution < -0.4 is 0 Å². The second kappa shape index (κ2) is 17.2. The van der Waals surface area contributed by atoms with Gasteiger partial charge in [-0.05, 0) is 39.0 Å². The van der Waals surface area contributed by atoms with E-state index in [-0.39, 0.29) is 6.61 Å². The van der Waals surface area contributed by atoms with Crippen molar-refractivity contribution in [2.45, 2.75) is 116 Å². The van der Waals surface area contributed by atoms with E-state index in [1.54, 1.807) is 0 Å². The summed E-state index contributed by atoms with van der Waals surface area (Å²) in [6.07, 6.45) is 27.5. The number of hydrogen-bond donors (Lipinski definition) is 1. The van der Waals surface area contributed by atoms with E-state index in [1.807, 2.05) is 0 Å². The number of quaternary nitrogens is 1. The SMILES string of the molecule is CCCCC/C=C/CCCCCCCCCCCC1N=CC[N+]1(CC)CCO. The molecule has 0 amide bonds. The van der Waals surface area contributed by atoms with Crippen LogP contribution in [-0.2, 0) is 0 Å². The lowest BCUT2D eigenvalue weighted by atomic mass is 10.0. The van der Waals surface area contributed by atoms with Gasteiger partial charge >= 0.3 is 0 Å².